The number of nitrogens with zero attached hydrogens (tertiary/aromatic N) is 1. The molecule has 4 atom stereocenters. The first-order valence-electron chi connectivity index (χ1n) is 5.99. The normalized spacial score (nSPS) is 33.3. The highest BCUT2D eigenvalue weighted by molar-refractivity contribution is 7.85. The van der Waals surface area contributed by atoms with Crippen molar-refractivity contribution in [1.29, 1.82) is 5.26 Å². The fourth-order valence-electron chi connectivity index (χ4n) is 2.53. The molecule has 0 radical (unpaired) electrons. The highest BCUT2D eigenvalue weighted by atomic mass is 32.2. The van der Waals surface area contributed by atoms with Gasteiger partial charge in [0.1, 0.15) is 0 Å². The highest BCUT2D eigenvalue weighted by Gasteiger charge is 2.33. The summed E-state index contributed by atoms with van der Waals surface area (Å²) < 4.78 is 11.8. The molecule has 1 fully saturated rings. The molecule has 3 heteroatoms. The van der Waals surface area contributed by atoms with Gasteiger partial charge in [-0.15, -0.1) is 0 Å². The van der Waals surface area contributed by atoms with E-state index in [1.165, 1.54) is 12.8 Å². The van der Waals surface area contributed by atoms with Crippen LogP contribution in [-0.4, -0.2) is 15.2 Å². The molecule has 1 saturated carbocycles. The van der Waals surface area contributed by atoms with Gasteiger partial charge in [-0.3, -0.25) is 4.21 Å². The van der Waals surface area contributed by atoms with E-state index in [0.717, 1.165) is 19.3 Å². The summed E-state index contributed by atoms with van der Waals surface area (Å²) in [6, 6.07) is 2.34. The Morgan fingerprint density at radius 2 is 2.13 bits per heavy atom. The molecule has 0 aromatic carbocycles. The molecule has 4 unspecified atom stereocenters. The van der Waals surface area contributed by atoms with Crippen molar-refractivity contribution >= 4 is 10.8 Å². The van der Waals surface area contributed by atoms with Gasteiger partial charge in [-0.2, -0.15) is 5.26 Å². The Hall–Kier alpha value is -0.360. The number of hydrogen-bond acceptors (Lipinski definition) is 2. The molecule has 0 amide bonds. The molecule has 0 heterocycles. The van der Waals surface area contributed by atoms with Gasteiger partial charge < -0.3 is 0 Å². The minimum atomic E-state index is -0.790. The summed E-state index contributed by atoms with van der Waals surface area (Å²) in [7, 11) is -0.790. The molecule has 0 saturated heterocycles. The van der Waals surface area contributed by atoms with Crippen molar-refractivity contribution in [3.05, 3.63) is 0 Å². The van der Waals surface area contributed by atoms with Crippen LogP contribution in [0.25, 0.3) is 0 Å². The van der Waals surface area contributed by atoms with Crippen molar-refractivity contribution < 1.29 is 4.21 Å². The monoisotopic (exact) mass is 227 g/mol. The van der Waals surface area contributed by atoms with Crippen LogP contribution in [0.5, 0.6) is 0 Å². The van der Waals surface area contributed by atoms with Gasteiger partial charge in [0.25, 0.3) is 0 Å². The summed E-state index contributed by atoms with van der Waals surface area (Å²) in [5.41, 5.74) is 0. The van der Waals surface area contributed by atoms with Crippen molar-refractivity contribution in [2.45, 2.75) is 51.2 Å². The molecule has 1 aliphatic rings. The van der Waals surface area contributed by atoms with E-state index in [9.17, 15) is 4.21 Å². The molecule has 0 aromatic heterocycles. The Labute approximate surface area is 95.5 Å². The maximum atomic E-state index is 11.8. The Balaban J connectivity index is 2.62. The zero-order chi connectivity index (χ0) is 11.3. The predicted molar refractivity (Wildman–Crippen MR) is 63.8 cm³/mol. The Kier molecular flexibility index (Phi) is 5.31. The SMILES string of the molecule is CCCC1CCC(C#N)C(S(=O)CC)C1. The smallest absolute Gasteiger partial charge is 0.0668 e. The van der Waals surface area contributed by atoms with Crippen LogP contribution in [0.3, 0.4) is 0 Å². The molecule has 15 heavy (non-hydrogen) atoms. The molecule has 0 N–H and O–H groups in total. The molecular weight excluding hydrogens is 206 g/mol. The molecule has 0 bridgehead atoms. The Morgan fingerprint density at radius 3 is 2.67 bits per heavy atom. The molecule has 1 rings (SSSR count). The summed E-state index contributed by atoms with van der Waals surface area (Å²) in [6.07, 6.45) is 5.55. The number of hydrogen-bond donors (Lipinski definition) is 0. The van der Waals surface area contributed by atoms with Gasteiger partial charge in [-0.05, 0) is 25.2 Å². The van der Waals surface area contributed by atoms with E-state index in [1.807, 2.05) is 6.92 Å². The lowest BCUT2D eigenvalue weighted by Crippen LogP contribution is -2.33. The largest absolute Gasteiger partial charge is 0.259 e. The van der Waals surface area contributed by atoms with Crippen LogP contribution < -0.4 is 0 Å². The summed E-state index contributed by atoms with van der Waals surface area (Å²) in [5, 5.41) is 9.18. The zero-order valence-electron chi connectivity index (χ0n) is 9.74. The molecule has 0 aliphatic heterocycles. The van der Waals surface area contributed by atoms with Gasteiger partial charge in [0, 0.05) is 16.6 Å². The quantitative estimate of drug-likeness (QED) is 0.741. The van der Waals surface area contributed by atoms with Gasteiger partial charge in [-0.25, -0.2) is 0 Å². The Bertz CT molecular complexity index is 259. The summed E-state index contributed by atoms with van der Waals surface area (Å²) in [4.78, 5) is 0. The van der Waals surface area contributed by atoms with Crippen molar-refractivity contribution in [3.8, 4) is 6.07 Å². The van der Waals surface area contributed by atoms with Gasteiger partial charge in [-0.1, -0.05) is 26.7 Å². The maximum absolute atomic E-state index is 11.8. The van der Waals surface area contributed by atoms with Crippen LogP contribution >= 0.6 is 0 Å². The Morgan fingerprint density at radius 1 is 1.40 bits per heavy atom. The van der Waals surface area contributed by atoms with Crippen LogP contribution in [0, 0.1) is 23.2 Å². The molecular formula is C12H21NOS. The minimum absolute atomic E-state index is 0.0406. The lowest BCUT2D eigenvalue weighted by Gasteiger charge is -2.31. The van der Waals surface area contributed by atoms with Crippen LogP contribution in [0.2, 0.25) is 0 Å². The lowest BCUT2D eigenvalue weighted by atomic mass is 9.80. The summed E-state index contributed by atoms with van der Waals surface area (Å²) in [5.74, 6) is 1.45. The fourth-order valence-corrected chi connectivity index (χ4v) is 4.01. The average molecular weight is 227 g/mol. The molecule has 86 valence electrons. The van der Waals surface area contributed by atoms with E-state index in [1.54, 1.807) is 0 Å². The van der Waals surface area contributed by atoms with Crippen LogP contribution in [0.15, 0.2) is 0 Å². The van der Waals surface area contributed by atoms with E-state index in [4.69, 9.17) is 5.26 Å². The second-order valence-corrected chi connectivity index (χ2v) is 6.36. The molecule has 2 nitrogen and oxygen atoms in total. The van der Waals surface area contributed by atoms with E-state index < -0.39 is 10.8 Å². The van der Waals surface area contributed by atoms with Crippen molar-refractivity contribution in [1.82, 2.24) is 0 Å². The molecule has 0 aromatic rings. The first kappa shape index (κ1) is 12.7. The predicted octanol–water partition coefficient (Wildman–Crippen LogP) is 2.86. The molecule has 0 spiro atoms. The highest BCUT2D eigenvalue weighted by Crippen LogP contribution is 2.34. The van der Waals surface area contributed by atoms with E-state index in [-0.39, 0.29) is 11.2 Å². The zero-order valence-corrected chi connectivity index (χ0v) is 10.6. The van der Waals surface area contributed by atoms with Gasteiger partial charge in [0.15, 0.2) is 0 Å². The first-order valence-corrected chi connectivity index (χ1v) is 7.37. The fraction of sp³-hybridized carbons (Fsp3) is 0.917. The van der Waals surface area contributed by atoms with Crippen LogP contribution in [0.1, 0.15) is 46.0 Å². The number of rotatable bonds is 4. The minimum Gasteiger partial charge on any atom is -0.259 e. The summed E-state index contributed by atoms with van der Waals surface area (Å²) >= 11 is 0. The first-order chi connectivity index (χ1) is 7.22. The third-order valence-corrected chi connectivity index (χ3v) is 5.15. The van der Waals surface area contributed by atoms with Crippen LogP contribution in [-0.2, 0) is 10.8 Å². The third-order valence-electron chi connectivity index (χ3n) is 3.39. The van der Waals surface area contributed by atoms with Crippen molar-refractivity contribution in [3.63, 3.8) is 0 Å². The topological polar surface area (TPSA) is 40.9 Å². The maximum Gasteiger partial charge on any atom is 0.0668 e. The van der Waals surface area contributed by atoms with Gasteiger partial charge in [0.2, 0.25) is 0 Å². The molecule has 1 aliphatic carbocycles. The van der Waals surface area contributed by atoms with Crippen LogP contribution in [0.4, 0.5) is 0 Å². The van der Waals surface area contributed by atoms with E-state index in [2.05, 4.69) is 13.0 Å². The lowest BCUT2D eigenvalue weighted by molar-refractivity contribution is 0.303. The number of nitriles is 1. The third kappa shape index (κ3) is 3.31. The van der Waals surface area contributed by atoms with E-state index >= 15 is 0 Å². The van der Waals surface area contributed by atoms with Gasteiger partial charge >= 0.3 is 0 Å². The van der Waals surface area contributed by atoms with Gasteiger partial charge in [0.05, 0.1) is 17.2 Å². The van der Waals surface area contributed by atoms with Crippen molar-refractivity contribution in [2.75, 3.05) is 5.75 Å². The second-order valence-electron chi connectivity index (χ2n) is 4.41. The van der Waals surface area contributed by atoms with Crippen molar-refractivity contribution in [2.24, 2.45) is 11.8 Å². The average Bonchev–Trinajstić information content (AvgIpc) is 2.28. The van der Waals surface area contributed by atoms with E-state index in [0.29, 0.717) is 11.7 Å². The summed E-state index contributed by atoms with van der Waals surface area (Å²) in [6.45, 7) is 4.15. The standard InChI is InChI=1S/C12H21NOS/c1-3-5-10-6-7-11(9-13)12(8-10)15(14)4-2/h10-12H,3-8H2,1-2H3. The second kappa shape index (κ2) is 6.27.